The molecule has 0 aliphatic carbocycles. The lowest BCUT2D eigenvalue weighted by Crippen LogP contribution is -2.55. The van der Waals surface area contributed by atoms with Crippen molar-refractivity contribution in [3.8, 4) is 0 Å². The summed E-state index contributed by atoms with van der Waals surface area (Å²) in [4.78, 5) is 48.9. The number of hydrogen-bond donors (Lipinski definition) is 3. The van der Waals surface area contributed by atoms with Gasteiger partial charge in [0.2, 0.25) is 0 Å². The number of ketones is 1. The first kappa shape index (κ1) is 23.2. The number of halogens is 1. The van der Waals surface area contributed by atoms with Gasteiger partial charge in [0.25, 0.3) is 5.91 Å². The number of nitrogens with zero attached hydrogens (tertiary/aromatic N) is 3. The highest BCUT2D eigenvalue weighted by atomic mass is 35.5. The number of aromatic amines is 1. The topological polar surface area (TPSA) is 138 Å². The lowest BCUT2D eigenvalue weighted by Gasteiger charge is -2.38. The minimum Gasteiger partial charge on any atom is -0.477 e. The number of carbonyl (C=O) groups is 3. The summed E-state index contributed by atoms with van der Waals surface area (Å²) in [5.41, 5.74) is 0.652. The number of piperidine rings is 1. The third-order valence-corrected chi connectivity index (χ3v) is 6.38. The van der Waals surface area contributed by atoms with Crippen LogP contribution < -0.4 is 10.2 Å². The second-order valence-electron chi connectivity index (χ2n) is 7.05. The molecule has 1 aliphatic heterocycles. The number of nitrogens with one attached hydrogen (secondary N) is 2. The number of amides is 1. The van der Waals surface area contributed by atoms with Gasteiger partial charge in [-0.05, 0) is 19.8 Å². The molecular formula is C19H24ClN5O5S. The van der Waals surface area contributed by atoms with E-state index in [1.54, 1.807) is 0 Å². The first-order chi connectivity index (χ1) is 14.7. The van der Waals surface area contributed by atoms with Gasteiger partial charge in [-0.3, -0.25) is 9.59 Å². The number of imidazole rings is 1. The van der Waals surface area contributed by atoms with Crippen LogP contribution in [-0.4, -0.2) is 69.6 Å². The van der Waals surface area contributed by atoms with Crippen molar-refractivity contribution >= 4 is 45.7 Å². The van der Waals surface area contributed by atoms with E-state index in [1.807, 2.05) is 18.7 Å². The zero-order chi connectivity index (χ0) is 22.7. The van der Waals surface area contributed by atoms with Crippen molar-refractivity contribution in [3.05, 3.63) is 27.2 Å². The van der Waals surface area contributed by atoms with Crippen LogP contribution in [0.25, 0.3) is 0 Å². The Hall–Kier alpha value is -2.50. The number of H-pyrrole nitrogens is 1. The minimum atomic E-state index is -1.18. The number of rotatable bonds is 8. The Balaban J connectivity index is 1.74. The third-order valence-electron chi connectivity index (χ3n) is 4.97. The summed E-state index contributed by atoms with van der Waals surface area (Å²) in [6.07, 6.45) is 0.827. The van der Waals surface area contributed by atoms with Crippen molar-refractivity contribution in [3.63, 3.8) is 0 Å². The summed E-state index contributed by atoms with van der Waals surface area (Å²) in [5, 5.41) is 13.0. The molecule has 31 heavy (non-hydrogen) atoms. The van der Waals surface area contributed by atoms with Crippen molar-refractivity contribution < 1.29 is 24.2 Å². The first-order valence-electron chi connectivity index (χ1n) is 9.91. The van der Waals surface area contributed by atoms with E-state index in [9.17, 15) is 19.5 Å². The smallest absolute Gasteiger partial charge is 0.348 e. The largest absolute Gasteiger partial charge is 0.477 e. The van der Waals surface area contributed by atoms with Gasteiger partial charge in [0.05, 0.1) is 17.8 Å². The Kier molecular flexibility index (Phi) is 7.29. The fourth-order valence-corrected chi connectivity index (χ4v) is 4.69. The van der Waals surface area contributed by atoms with Crippen LogP contribution in [0.15, 0.2) is 0 Å². The standard InChI is InChI=1S/C19H24ClN5O5S/c1-4-10-15(20)24-16(21-10)17(27)22-11-6-7-25(8-12(11)30-5-2)19-23-13(9(3)26)14(31-19)18(28)29/h11-12H,4-8H2,1-3H3,(H,21,24)(H,22,27)(H,28,29)/t11-,12+/m1/s1. The summed E-state index contributed by atoms with van der Waals surface area (Å²) in [7, 11) is 0. The number of carbonyl (C=O) groups excluding carboxylic acids is 2. The molecule has 2 aromatic rings. The fraction of sp³-hybridized carbons (Fsp3) is 0.526. The Morgan fingerprint density at radius 1 is 1.35 bits per heavy atom. The van der Waals surface area contributed by atoms with Crippen LogP contribution in [-0.2, 0) is 11.2 Å². The zero-order valence-corrected chi connectivity index (χ0v) is 19.0. The third kappa shape index (κ3) is 5.05. The maximum Gasteiger partial charge on any atom is 0.348 e. The number of aromatic nitrogens is 3. The van der Waals surface area contributed by atoms with Crippen LogP contribution in [0, 0.1) is 0 Å². The van der Waals surface area contributed by atoms with Gasteiger partial charge in [0.15, 0.2) is 21.9 Å². The normalized spacial score (nSPS) is 18.8. The Bertz CT molecular complexity index is 959. The molecule has 2 aromatic heterocycles. The molecule has 1 saturated heterocycles. The molecule has 3 rings (SSSR count). The van der Waals surface area contributed by atoms with Crippen molar-refractivity contribution in [1.29, 1.82) is 0 Å². The molecule has 0 saturated carbocycles. The molecular weight excluding hydrogens is 446 g/mol. The molecule has 0 aromatic carbocycles. The van der Waals surface area contributed by atoms with E-state index < -0.39 is 11.8 Å². The summed E-state index contributed by atoms with van der Waals surface area (Å²) in [6.45, 7) is 6.40. The monoisotopic (exact) mass is 469 g/mol. The number of aryl methyl sites for hydroxylation is 1. The van der Waals surface area contributed by atoms with Crippen LogP contribution in [0.4, 0.5) is 5.13 Å². The first-order valence-corrected chi connectivity index (χ1v) is 11.1. The van der Waals surface area contributed by atoms with Crippen LogP contribution in [0.3, 0.4) is 0 Å². The van der Waals surface area contributed by atoms with Crippen molar-refractivity contribution in [2.45, 2.75) is 45.8 Å². The summed E-state index contributed by atoms with van der Waals surface area (Å²) in [6, 6.07) is -0.274. The summed E-state index contributed by atoms with van der Waals surface area (Å²) >= 11 is 6.99. The molecule has 1 aliphatic rings. The number of anilines is 1. The quantitative estimate of drug-likeness (QED) is 0.501. The van der Waals surface area contributed by atoms with E-state index in [1.165, 1.54) is 6.92 Å². The van der Waals surface area contributed by atoms with Crippen LogP contribution >= 0.6 is 22.9 Å². The van der Waals surface area contributed by atoms with Gasteiger partial charge in [-0.1, -0.05) is 29.9 Å². The SMILES string of the molecule is CCO[C@H]1CN(c2nc(C(C)=O)c(C(=O)O)s2)CC[C@H]1NC(=O)c1nc(Cl)c(CC)[nH]1. The molecule has 0 radical (unpaired) electrons. The highest BCUT2D eigenvalue weighted by Crippen LogP contribution is 2.30. The van der Waals surface area contributed by atoms with Crippen LogP contribution in [0.2, 0.25) is 5.15 Å². The maximum atomic E-state index is 12.6. The molecule has 2 atom stereocenters. The van der Waals surface area contributed by atoms with E-state index in [-0.39, 0.29) is 39.6 Å². The Morgan fingerprint density at radius 2 is 2.10 bits per heavy atom. The highest BCUT2D eigenvalue weighted by molar-refractivity contribution is 7.17. The van der Waals surface area contributed by atoms with Gasteiger partial charge in [-0.2, -0.15) is 0 Å². The Labute approximate surface area is 188 Å². The van der Waals surface area contributed by atoms with Crippen molar-refractivity contribution in [1.82, 2.24) is 20.3 Å². The second kappa shape index (κ2) is 9.75. The van der Waals surface area contributed by atoms with Crippen LogP contribution in [0.5, 0.6) is 0 Å². The average Bonchev–Trinajstić information content (AvgIpc) is 3.33. The lowest BCUT2D eigenvalue weighted by atomic mass is 10.0. The number of Topliss-reactive ketones (excluding diaryl/α,β-unsaturated/α-hetero) is 1. The van der Waals surface area contributed by atoms with Crippen LogP contribution in [0.1, 0.15) is 63.7 Å². The molecule has 0 bridgehead atoms. The number of ether oxygens (including phenoxy) is 1. The number of hydrogen-bond acceptors (Lipinski definition) is 8. The van der Waals surface area contributed by atoms with E-state index in [0.717, 1.165) is 11.3 Å². The molecule has 0 spiro atoms. The van der Waals surface area contributed by atoms with Crippen molar-refractivity contribution in [2.24, 2.45) is 0 Å². The summed E-state index contributed by atoms with van der Waals surface area (Å²) in [5.74, 6) is -1.80. The predicted molar refractivity (Wildman–Crippen MR) is 116 cm³/mol. The molecule has 3 heterocycles. The molecule has 12 heteroatoms. The molecule has 1 amide bonds. The van der Waals surface area contributed by atoms with E-state index >= 15 is 0 Å². The van der Waals surface area contributed by atoms with E-state index in [2.05, 4.69) is 20.3 Å². The zero-order valence-electron chi connectivity index (χ0n) is 17.4. The molecule has 0 unspecified atom stereocenters. The number of carboxylic acid groups (broad SMARTS) is 1. The number of carboxylic acids is 1. The molecule has 168 valence electrons. The molecule has 3 N–H and O–H groups in total. The van der Waals surface area contributed by atoms with E-state index in [4.69, 9.17) is 16.3 Å². The molecule has 10 nitrogen and oxygen atoms in total. The van der Waals surface area contributed by atoms with Gasteiger partial charge in [0, 0.05) is 26.6 Å². The maximum absolute atomic E-state index is 12.6. The average molecular weight is 470 g/mol. The van der Waals surface area contributed by atoms with Gasteiger partial charge >= 0.3 is 5.97 Å². The second-order valence-corrected chi connectivity index (χ2v) is 8.39. The predicted octanol–water partition coefficient (Wildman–Crippen LogP) is 2.40. The summed E-state index contributed by atoms with van der Waals surface area (Å²) < 4.78 is 5.85. The van der Waals surface area contributed by atoms with Gasteiger partial charge in [0.1, 0.15) is 10.6 Å². The molecule has 1 fully saturated rings. The Morgan fingerprint density at radius 3 is 2.65 bits per heavy atom. The van der Waals surface area contributed by atoms with E-state index in [0.29, 0.717) is 43.4 Å². The van der Waals surface area contributed by atoms with Gasteiger partial charge < -0.3 is 25.0 Å². The fourth-order valence-electron chi connectivity index (χ4n) is 3.43. The van der Waals surface area contributed by atoms with Gasteiger partial charge in [-0.15, -0.1) is 0 Å². The number of thiazole rings is 1. The lowest BCUT2D eigenvalue weighted by molar-refractivity contribution is 0.0271. The minimum absolute atomic E-state index is 0.0442. The number of aromatic carboxylic acids is 1. The van der Waals surface area contributed by atoms with Crippen molar-refractivity contribution in [2.75, 3.05) is 24.6 Å². The highest BCUT2D eigenvalue weighted by Gasteiger charge is 2.34. The van der Waals surface area contributed by atoms with Gasteiger partial charge in [-0.25, -0.2) is 14.8 Å².